The molecule has 0 radical (unpaired) electrons. The van der Waals surface area contributed by atoms with Crippen LogP contribution in [0.5, 0.6) is 0 Å². The maximum atomic E-state index is 12.4. The standard InChI is InChI=1S/C38H48N8O8/c1-22(47)39-33-35(53-25(4)50)34(52-24(3)49)31(21-51-23(2)48)54-37(33)46-20-28(42-43-46)19-44-15-17-45(18-16-44)30-10-8-9-29-32(30)41-36(40-29)26-11-13-27(14-12-26)38(5,6)7/h8-14,20,31,33-35,37H,15-19,21H2,1-7H3,(H,39,47)(H,40,41)/t31-,33-,34-,35-,37-/m1/s1. The number of fused-ring (bicyclic) bond motifs is 1. The van der Waals surface area contributed by atoms with Gasteiger partial charge in [0.2, 0.25) is 5.91 Å². The van der Waals surface area contributed by atoms with Crippen molar-refractivity contribution in [2.24, 2.45) is 0 Å². The summed E-state index contributed by atoms with van der Waals surface area (Å²) in [5, 5.41) is 11.5. The molecule has 16 heteroatoms. The highest BCUT2D eigenvalue weighted by molar-refractivity contribution is 5.91. The maximum Gasteiger partial charge on any atom is 0.303 e. The minimum atomic E-state index is -1.20. The van der Waals surface area contributed by atoms with E-state index in [1.54, 1.807) is 6.20 Å². The van der Waals surface area contributed by atoms with Crippen molar-refractivity contribution in [3.63, 3.8) is 0 Å². The lowest BCUT2D eigenvalue weighted by Gasteiger charge is -2.45. The number of benzene rings is 2. The molecule has 0 bridgehead atoms. The predicted molar refractivity (Wildman–Crippen MR) is 197 cm³/mol. The van der Waals surface area contributed by atoms with Gasteiger partial charge in [0.15, 0.2) is 18.4 Å². The Balaban J connectivity index is 1.16. The largest absolute Gasteiger partial charge is 0.463 e. The average Bonchev–Trinajstić information content (AvgIpc) is 3.76. The summed E-state index contributed by atoms with van der Waals surface area (Å²) >= 11 is 0. The van der Waals surface area contributed by atoms with Gasteiger partial charge in [-0.1, -0.05) is 56.3 Å². The van der Waals surface area contributed by atoms with Gasteiger partial charge in [-0.2, -0.15) is 0 Å². The molecule has 0 aliphatic carbocycles. The van der Waals surface area contributed by atoms with Crippen LogP contribution in [0.25, 0.3) is 22.4 Å². The quantitative estimate of drug-likeness (QED) is 0.178. The van der Waals surface area contributed by atoms with Crippen molar-refractivity contribution in [2.75, 3.05) is 37.7 Å². The summed E-state index contributed by atoms with van der Waals surface area (Å²) in [6, 6.07) is 13.7. The molecule has 2 N–H and O–H groups in total. The maximum absolute atomic E-state index is 12.4. The second-order valence-electron chi connectivity index (χ2n) is 14.8. The van der Waals surface area contributed by atoms with E-state index in [1.807, 2.05) is 6.07 Å². The zero-order valence-electron chi connectivity index (χ0n) is 31.7. The fourth-order valence-corrected chi connectivity index (χ4v) is 6.96. The van der Waals surface area contributed by atoms with Crippen molar-refractivity contribution >= 4 is 40.5 Å². The van der Waals surface area contributed by atoms with Crippen molar-refractivity contribution in [3.05, 3.63) is 59.9 Å². The van der Waals surface area contributed by atoms with Crippen LogP contribution >= 0.6 is 0 Å². The molecule has 2 aliphatic heterocycles. The number of imidazole rings is 1. The number of H-pyrrole nitrogens is 1. The summed E-state index contributed by atoms with van der Waals surface area (Å²) in [6.45, 7) is 14.8. The van der Waals surface area contributed by atoms with Gasteiger partial charge in [-0.3, -0.25) is 24.1 Å². The minimum Gasteiger partial charge on any atom is -0.463 e. The number of para-hydroxylation sites is 1. The van der Waals surface area contributed by atoms with Gasteiger partial charge in [-0.05, 0) is 23.1 Å². The molecule has 0 spiro atoms. The predicted octanol–water partition coefficient (Wildman–Crippen LogP) is 3.27. The molecular formula is C38H48N8O8. The Morgan fingerprint density at radius 1 is 0.907 bits per heavy atom. The minimum absolute atomic E-state index is 0.0729. The normalized spacial score (nSPS) is 22.1. The molecule has 16 nitrogen and oxygen atoms in total. The van der Waals surface area contributed by atoms with E-state index in [4.69, 9.17) is 23.9 Å². The number of hydrogen-bond acceptors (Lipinski definition) is 13. The highest BCUT2D eigenvalue weighted by Gasteiger charge is 2.52. The highest BCUT2D eigenvalue weighted by Crippen LogP contribution is 2.34. The molecular weight excluding hydrogens is 696 g/mol. The van der Waals surface area contributed by atoms with E-state index in [2.05, 4.69) is 87.6 Å². The number of aromatic nitrogens is 5. The number of rotatable bonds is 10. The number of nitrogens with one attached hydrogen (secondary N) is 2. The lowest BCUT2D eigenvalue weighted by atomic mass is 9.87. The third kappa shape index (κ3) is 8.88. The Morgan fingerprint density at radius 3 is 2.22 bits per heavy atom. The topological polar surface area (TPSA) is 183 Å². The van der Waals surface area contributed by atoms with Crippen molar-refractivity contribution < 1.29 is 38.1 Å². The van der Waals surface area contributed by atoms with Crippen LogP contribution in [0.4, 0.5) is 5.69 Å². The van der Waals surface area contributed by atoms with Crippen LogP contribution in [-0.2, 0) is 50.1 Å². The number of ether oxygens (including phenoxy) is 4. The van der Waals surface area contributed by atoms with Crippen LogP contribution in [0.1, 0.15) is 66.0 Å². The first-order chi connectivity index (χ1) is 25.7. The molecule has 2 aliphatic rings. The van der Waals surface area contributed by atoms with Gasteiger partial charge >= 0.3 is 17.9 Å². The van der Waals surface area contributed by atoms with Gasteiger partial charge in [0.25, 0.3) is 0 Å². The molecule has 2 aromatic carbocycles. The molecule has 5 atom stereocenters. The summed E-state index contributed by atoms with van der Waals surface area (Å²) in [7, 11) is 0. The van der Waals surface area contributed by atoms with E-state index in [0.29, 0.717) is 12.2 Å². The first kappa shape index (κ1) is 38.4. The van der Waals surface area contributed by atoms with Crippen molar-refractivity contribution in [1.29, 1.82) is 0 Å². The number of esters is 3. The monoisotopic (exact) mass is 744 g/mol. The zero-order chi connectivity index (χ0) is 38.7. The molecule has 0 saturated carbocycles. The number of piperazine rings is 1. The number of hydrogen-bond donors (Lipinski definition) is 2. The number of carbonyl (C=O) groups excluding carboxylic acids is 4. The third-order valence-electron chi connectivity index (χ3n) is 9.52. The molecule has 2 saturated heterocycles. The Hall–Kier alpha value is -5.35. The van der Waals surface area contributed by atoms with Gasteiger partial charge in [0.05, 0.1) is 23.1 Å². The Bertz CT molecular complexity index is 1980. The number of carbonyl (C=O) groups is 4. The van der Waals surface area contributed by atoms with Gasteiger partial charge in [-0.25, -0.2) is 9.67 Å². The Morgan fingerprint density at radius 2 is 1.59 bits per heavy atom. The van der Waals surface area contributed by atoms with E-state index in [-0.39, 0.29) is 12.0 Å². The van der Waals surface area contributed by atoms with Crippen LogP contribution in [0.15, 0.2) is 48.7 Å². The van der Waals surface area contributed by atoms with E-state index in [9.17, 15) is 19.2 Å². The number of aromatic amines is 1. The molecule has 0 unspecified atom stereocenters. The molecule has 54 heavy (non-hydrogen) atoms. The second-order valence-corrected chi connectivity index (χ2v) is 14.8. The second kappa shape index (κ2) is 15.9. The number of anilines is 1. The third-order valence-corrected chi connectivity index (χ3v) is 9.52. The van der Waals surface area contributed by atoms with Crippen LogP contribution in [0.2, 0.25) is 0 Å². The zero-order valence-corrected chi connectivity index (χ0v) is 31.7. The lowest BCUT2D eigenvalue weighted by molar-refractivity contribution is -0.239. The fourth-order valence-electron chi connectivity index (χ4n) is 6.96. The molecule has 1 amide bonds. The van der Waals surface area contributed by atoms with Crippen LogP contribution in [-0.4, -0.2) is 111 Å². The van der Waals surface area contributed by atoms with E-state index in [0.717, 1.165) is 54.3 Å². The summed E-state index contributed by atoms with van der Waals surface area (Å²) in [5.41, 5.74) is 6.01. The summed E-state index contributed by atoms with van der Waals surface area (Å²) in [6.07, 6.45) is -2.80. The van der Waals surface area contributed by atoms with E-state index >= 15 is 0 Å². The van der Waals surface area contributed by atoms with E-state index < -0.39 is 54.4 Å². The summed E-state index contributed by atoms with van der Waals surface area (Å²) in [5.74, 6) is -1.54. The van der Waals surface area contributed by atoms with Crippen LogP contribution in [0.3, 0.4) is 0 Å². The van der Waals surface area contributed by atoms with Gasteiger partial charge in [0.1, 0.15) is 30.1 Å². The first-order valence-corrected chi connectivity index (χ1v) is 18.0. The van der Waals surface area contributed by atoms with Crippen LogP contribution < -0.4 is 10.2 Å². The fraction of sp³-hybridized carbons (Fsp3) is 0.500. The molecule has 2 fully saturated rings. The van der Waals surface area contributed by atoms with Gasteiger partial charge < -0.3 is 34.1 Å². The number of nitrogens with zero attached hydrogens (tertiary/aromatic N) is 6. The molecule has 288 valence electrons. The van der Waals surface area contributed by atoms with Crippen molar-refractivity contribution in [1.82, 2.24) is 35.2 Å². The molecule has 6 rings (SSSR count). The van der Waals surface area contributed by atoms with Crippen molar-refractivity contribution in [3.8, 4) is 11.4 Å². The average molecular weight is 745 g/mol. The van der Waals surface area contributed by atoms with Crippen LogP contribution in [0, 0.1) is 0 Å². The molecule has 2 aromatic heterocycles. The SMILES string of the molecule is CC(=O)N[C@@H]1[C@@H](OC(C)=O)[C@H](OC(C)=O)[C@@H](COC(C)=O)O[C@H]1n1cc(CN2CCN(c3cccc4[nH]c(-c5ccc(C(C)(C)C)cc5)nc34)CC2)nn1. The summed E-state index contributed by atoms with van der Waals surface area (Å²) < 4.78 is 24.0. The van der Waals surface area contributed by atoms with Crippen molar-refractivity contribution in [2.45, 2.75) is 91.0 Å². The summed E-state index contributed by atoms with van der Waals surface area (Å²) in [4.78, 5) is 61.6. The van der Waals surface area contributed by atoms with Gasteiger partial charge in [0, 0.05) is 66.0 Å². The lowest BCUT2D eigenvalue weighted by Crippen LogP contribution is -2.64. The van der Waals surface area contributed by atoms with E-state index in [1.165, 1.54) is 37.9 Å². The Kier molecular flexibility index (Phi) is 11.3. The molecule has 4 aromatic rings. The molecule has 4 heterocycles. The first-order valence-electron chi connectivity index (χ1n) is 18.0. The Labute approximate surface area is 313 Å². The van der Waals surface area contributed by atoms with Gasteiger partial charge in [-0.15, -0.1) is 5.10 Å². The number of amides is 1. The highest BCUT2D eigenvalue weighted by atomic mass is 16.6. The smallest absolute Gasteiger partial charge is 0.303 e.